The number of amides is 1. The number of rotatable bonds is 6. The van der Waals surface area contributed by atoms with E-state index in [9.17, 15) is 9.59 Å². The summed E-state index contributed by atoms with van der Waals surface area (Å²) in [5.41, 5.74) is 1.19. The van der Waals surface area contributed by atoms with E-state index >= 15 is 0 Å². The van der Waals surface area contributed by atoms with Crippen molar-refractivity contribution in [3.05, 3.63) is 47.3 Å². The molecule has 0 bridgehead atoms. The van der Waals surface area contributed by atoms with Crippen molar-refractivity contribution in [1.82, 2.24) is 10.5 Å². The number of hydrogen-bond donors (Lipinski definition) is 2. The van der Waals surface area contributed by atoms with E-state index in [-0.39, 0.29) is 12.5 Å². The molecule has 22 heavy (non-hydrogen) atoms. The van der Waals surface area contributed by atoms with Crippen molar-refractivity contribution in [2.45, 2.75) is 30.5 Å². The quantitative estimate of drug-likeness (QED) is 0.794. The summed E-state index contributed by atoms with van der Waals surface area (Å²) >= 11 is 1.14. The van der Waals surface area contributed by atoms with Crippen LogP contribution in [0.5, 0.6) is 0 Å². The first-order chi connectivity index (χ1) is 10.5. The molecule has 1 amide bonds. The number of carbonyl (C=O) groups excluding carboxylic acids is 1. The molecule has 6 nitrogen and oxygen atoms in total. The summed E-state index contributed by atoms with van der Waals surface area (Å²) in [6, 6.07) is 8.65. The van der Waals surface area contributed by atoms with Crippen molar-refractivity contribution in [2.24, 2.45) is 0 Å². The minimum atomic E-state index is -0.919. The Morgan fingerprint density at radius 1 is 1.41 bits per heavy atom. The van der Waals surface area contributed by atoms with Crippen molar-refractivity contribution in [2.75, 3.05) is 0 Å². The molecule has 0 aliphatic carbocycles. The van der Waals surface area contributed by atoms with Crippen LogP contribution in [0.15, 0.2) is 39.8 Å². The molecular formula is C15H16N2O4S. The van der Waals surface area contributed by atoms with Gasteiger partial charge < -0.3 is 14.9 Å². The Hall–Kier alpha value is -2.28. The van der Waals surface area contributed by atoms with E-state index in [0.717, 1.165) is 17.5 Å². The lowest BCUT2D eigenvalue weighted by Crippen LogP contribution is -2.23. The number of carboxylic acid groups (broad SMARTS) is 1. The molecule has 0 spiro atoms. The van der Waals surface area contributed by atoms with Gasteiger partial charge in [-0.25, -0.2) is 0 Å². The molecule has 0 aliphatic heterocycles. The molecule has 2 N–H and O–H groups in total. The molecule has 0 saturated carbocycles. The highest BCUT2D eigenvalue weighted by Crippen LogP contribution is 2.27. The maximum atomic E-state index is 12.3. The van der Waals surface area contributed by atoms with Crippen LogP contribution < -0.4 is 5.32 Å². The van der Waals surface area contributed by atoms with Crippen molar-refractivity contribution >= 4 is 23.6 Å². The van der Waals surface area contributed by atoms with Gasteiger partial charge in [-0.2, -0.15) is 0 Å². The average molecular weight is 320 g/mol. The van der Waals surface area contributed by atoms with Gasteiger partial charge in [0.1, 0.15) is 5.25 Å². The van der Waals surface area contributed by atoms with Crippen molar-refractivity contribution in [3.8, 4) is 0 Å². The molecule has 2 rings (SSSR count). The molecule has 1 aromatic heterocycles. The van der Waals surface area contributed by atoms with Crippen LogP contribution >= 0.6 is 11.8 Å². The maximum Gasteiger partial charge on any atom is 0.316 e. The van der Waals surface area contributed by atoms with Gasteiger partial charge in [-0.1, -0.05) is 17.3 Å². The van der Waals surface area contributed by atoms with Crippen molar-refractivity contribution in [1.29, 1.82) is 0 Å². The van der Waals surface area contributed by atoms with Crippen molar-refractivity contribution < 1.29 is 19.2 Å². The minimum absolute atomic E-state index is 0.229. The minimum Gasteiger partial charge on any atom is -0.480 e. The third-order valence-corrected chi connectivity index (χ3v) is 4.05. The second-order valence-corrected chi connectivity index (χ2v) is 6.09. The van der Waals surface area contributed by atoms with E-state index in [4.69, 9.17) is 9.63 Å². The van der Waals surface area contributed by atoms with Gasteiger partial charge >= 0.3 is 5.97 Å². The molecule has 0 radical (unpaired) electrons. The summed E-state index contributed by atoms with van der Waals surface area (Å²) in [6.07, 6.45) is 0. The third-order valence-electron chi connectivity index (χ3n) is 2.88. The molecule has 0 unspecified atom stereocenters. The fourth-order valence-corrected chi connectivity index (χ4v) is 2.69. The van der Waals surface area contributed by atoms with Gasteiger partial charge in [-0.15, -0.1) is 11.8 Å². The Labute approximate surface area is 131 Å². The van der Waals surface area contributed by atoms with Gasteiger partial charge in [0.25, 0.3) is 5.91 Å². The molecule has 2 aromatic rings. The highest BCUT2D eigenvalue weighted by atomic mass is 32.2. The molecule has 0 aliphatic rings. The largest absolute Gasteiger partial charge is 0.480 e. The van der Waals surface area contributed by atoms with Gasteiger partial charge in [-0.05, 0) is 26.0 Å². The zero-order chi connectivity index (χ0) is 16.1. The lowest BCUT2D eigenvalue weighted by Gasteiger charge is -2.11. The van der Waals surface area contributed by atoms with Crippen LogP contribution in [0.25, 0.3) is 0 Å². The first-order valence-electron chi connectivity index (χ1n) is 6.66. The predicted molar refractivity (Wildman–Crippen MR) is 81.8 cm³/mol. The fraction of sp³-hybridized carbons (Fsp3) is 0.267. The monoisotopic (exact) mass is 320 g/mol. The summed E-state index contributed by atoms with van der Waals surface area (Å²) < 4.78 is 5.03. The third kappa shape index (κ3) is 4.11. The van der Waals surface area contributed by atoms with Gasteiger partial charge in [0, 0.05) is 11.0 Å². The molecule has 1 heterocycles. The number of carbonyl (C=O) groups is 2. The Bertz CT molecular complexity index is 684. The molecule has 1 aromatic carbocycles. The average Bonchev–Trinajstić information content (AvgIpc) is 2.91. The number of benzene rings is 1. The predicted octanol–water partition coefficient (Wildman–Crippen LogP) is 2.48. The Morgan fingerprint density at radius 3 is 2.77 bits per heavy atom. The summed E-state index contributed by atoms with van der Waals surface area (Å²) in [5.74, 6) is -0.637. The van der Waals surface area contributed by atoms with E-state index in [1.165, 1.54) is 0 Å². The number of nitrogens with zero attached hydrogens (tertiary/aromatic N) is 1. The number of hydrogen-bond acceptors (Lipinski definition) is 5. The van der Waals surface area contributed by atoms with E-state index in [1.807, 2.05) is 0 Å². The van der Waals surface area contributed by atoms with Crippen LogP contribution in [0.3, 0.4) is 0 Å². The van der Waals surface area contributed by atoms with E-state index in [0.29, 0.717) is 16.2 Å². The van der Waals surface area contributed by atoms with Crippen LogP contribution in [0.4, 0.5) is 0 Å². The highest BCUT2D eigenvalue weighted by Gasteiger charge is 2.17. The molecule has 7 heteroatoms. The van der Waals surface area contributed by atoms with Crippen LogP contribution in [0.2, 0.25) is 0 Å². The normalized spacial score (nSPS) is 11.9. The lowest BCUT2D eigenvalue weighted by atomic mass is 10.2. The van der Waals surface area contributed by atoms with Gasteiger partial charge in [-0.3, -0.25) is 9.59 Å². The number of aryl methyl sites for hydroxylation is 1. The standard InChI is InChI=1S/C15H16N2O4S/c1-9-7-11(21-17-9)8-16-14(18)12-5-3-4-6-13(12)22-10(2)15(19)20/h3-7,10H,8H2,1-2H3,(H,16,18)(H,19,20)/t10-/m0/s1. The molecule has 0 saturated heterocycles. The van der Waals surface area contributed by atoms with Crippen molar-refractivity contribution in [3.63, 3.8) is 0 Å². The van der Waals surface area contributed by atoms with E-state index < -0.39 is 11.2 Å². The fourth-order valence-electron chi connectivity index (χ4n) is 1.76. The van der Waals surface area contributed by atoms with E-state index in [1.54, 1.807) is 44.2 Å². The van der Waals surface area contributed by atoms with Gasteiger partial charge in [0.2, 0.25) is 0 Å². The molecule has 116 valence electrons. The summed E-state index contributed by atoms with van der Waals surface area (Å²) in [7, 11) is 0. The number of nitrogens with one attached hydrogen (secondary N) is 1. The smallest absolute Gasteiger partial charge is 0.316 e. The summed E-state index contributed by atoms with van der Waals surface area (Å²) in [6.45, 7) is 3.61. The van der Waals surface area contributed by atoms with Gasteiger partial charge in [0.05, 0.1) is 17.8 Å². The van der Waals surface area contributed by atoms with Crippen LogP contribution in [-0.2, 0) is 11.3 Å². The number of aliphatic carboxylic acids is 1. The zero-order valence-corrected chi connectivity index (χ0v) is 13.0. The second kappa shape index (κ2) is 7.13. The van der Waals surface area contributed by atoms with E-state index in [2.05, 4.69) is 10.5 Å². The molecule has 1 atom stereocenters. The zero-order valence-electron chi connectivity index (χ0n) is 12.2. The Balaban J connectivity index is 2.07. The topological polar surface area (TPSA) is 92.4 Å². The molecule has 0 fully saturated rings. The lowest BCUT2D eigenvalue weighted by molar-refractivity contribution is -0.136. The van der Waals surface area contributed by atoms with Gasteiger partial charge in [0.15, 0.2) is 5.76 Å². The van der Waals surface area contributed by atoms with Crippen LogP contribution in [0.1, 0.15) is 28.7 Å². The number of carboxylic acids is 1. The SMILES string of the molecule is Cc1cc(CNC(=O)c2ccccc2S[C@@H](C)C(=O)O)on1. The van der Waals surface area contributed by atoms with Crippen LogP contribution in [0, 0.1) is 6.92 Å². The Kier molecular flexibility index (Phi) is 5.21. The summed E-state index contributed by atoms with van der Waals surface area (Å²) in [5, 5.41) is 14.8. The number of aromatic nitrogens is 1. The highest BCUT2D eigenvalue weighted by molar-refractivity contribution is 8.00. The first-order valence-corrected chi connectivity index (χ1v) is 7.54. The molecular weight excluding hydrogens is 304 g/mol. The summed E-state index contributed by atoms with van der Waals surface area (Å²) in [4.78, 5) is 23.8. The first kappa shape index (κ1) is 16.1. The Morgan fingerprint density at radius 2 is 2.14 bits per heavy atom. The van der Waals surface area contributed by atoms with Crippen LogP contribution in [-0.4, -0.2) is 27.4 Å². The maximum absolute atomic E-state index is 12.3. The number of thioether (sulfide) groups is 1. The second-order valence-electron chi connectivity index (χ2n) is 4.71.